The number of nitrogens with zero attached hydrogens (tertiary/aromatic N) is 2. The lowest BCUT2D eigenvalue weighted by atomic mass is 10.0. The van der Waals surface area contributed by atoms with Gasteiger partial charge in [0.25, 0.3) is 5.88 Å². The van der Waals surface area contributed by atoms with Crippen LogP contribution in [0.1, 0.15) is 37.0 Å². The van der Waals surface area contributed by atoms with E-state index in [1.807, 2.05) is 13.8 Å². The molecule has 0 bridgehead atoms. The van der Waals surface area contributed by atoms with Crippen LogP contribution < -0.4 is 4.74 Å². The molecule has 0 radical (unpaired) electrons. The Hall–Kier alpha value is -1.78. The molecule has 16 heavy (non-hydrogen) atoms. The summed E-state index contributed by atoms with van der Waals surface area (Å²) in [5, 5.41) is 0. The van der Waals surface area contributed by atoms with Crippen LogP contribution in [0.25, 0.3) is 0 Å². The molecule has 0 fully saturated rings. The van der Waals surface area contributed by atoms with Crippen molar-refractivity contribution in [1.29, 1.82) is 0 Å². The summed E-state index contributed by atoms with van der Waals surface area (Å²) in [5.74, 6) is -1.66. The average Bonchev–Trinajstić information content (AvgIpc) is 2.30. The summed E-state index contributed by atoms with van der Waals surface area (Å²) in [5.41, 5.74) is 0.777. The minimum Gasteiger partial charge on any atom is -0.404 e. The monoisotopic (exact) mass is 222 g/mol. The van der Waals surface area contributed by atoms with Crippen molar-refractivity contribution >= 4 is 11.8 Å². The number of ether oxygens (including phenoxy) is 1. The van der Waals surface area contributed by atoms with Crippen LogP contribution >= 0.6 is 0 Å². The van der Waals surface area contributed by atoms with E-state index in [0.717, 1.165) is 0 Å². The molecule has 0 saturated heterocycles. The van der Waals surface area contributed by atoms with Gasteiger partial charge in [0.15, 0.2) is 5.69 Å². The van der Waals surface area contributed by atoms with Gasteiger partial charge in [-0.15, -0.1) is 0 Å². The van der Waals surface area contributed by atoms with E-state index in [-0.39, 0.29) is 17.4 Å². The highest BCUT2D eigenvalue weighted by molar-refractivity contribution is 6.11. The van der Waals surface area contributed by atoms with Gasteiger partial charge in [0.1, 0.15) is 5.92 Å². The number of Topliss-reactive ketones (excluding diaryl/α,β-unsaturated/α-hetero) is 1. The Kier molecular flexibility index (Phi) is 3.71. The second-order valence-corrected chi connectivity index (χ2v) is 3.17. The summed E-state index contributed by atoms with van der Waals surface area (Å²) >= 11 is 0. The SMILES string of the molecule is CC.Cc1cnc2c(n1)C(=O)C(C)C(=O)O2. The molecule has 0 aliphatic carbocycles. The molecule has 0 aromatic carbocycles. The second kappa shape index (κ2) is 4.83. The van der Waals surface area contributed by atoms with Crippen LogP contribution in [0.5, 0.6) is 5.88 Å². The molecule has 86 valence electrons. The smallest absolute Gasteiger partial charge is 0.323 e. The van der Waals surface area contributed by atoms with Crippen molar-refractivity contribution in [2.75, 3.05) is 0 Å². The number of rotatable bonds is 0. The van der Waals surface area contributed by atoms with Crippen LogP contribution in [0, 0.1) is 12.8 Å². The van der Waals surface area contributed by atoms with Gasteiger partial charge in [0.05, 0.1) is 11.9 Å². The van der Waals surface area contributed by atoms with E-state index in [1.165, 1.54) is 13.1 Å². The number of aromatic nitrogens is 2. The molecular formula is C11H14N2O3. The number of ketones is 1. The minimum absolute atomic E-state index is 0.0173. The third-order valence-electron chi connectivity index (χ3n) is 2.04. The van der Waals surface area contributed by atoms with E-state index in [9.17, 15) is 9.59 Å². The molecule has 0 amide bonds. The second-order valence-electron chi connectivity index (χ2n) is 3.17. The zero-order valence-corrected chi connectivity index (χ0v) is 9.77. The lowest BCUT2D eigenvalue weighted by Gasteiger charge is -2.17. The van der Waals surface area contributed by atoms with Crippen molar-refractivity contribution in [3.05, 3.63) is 17.6 Å². The number of esters is 1. The first kappa shape index (κ1) is 12.3. The average molecular weight is 222 g/mol. The lowest BCUT2D eigenvalue weighted by molar-refractivity contribution is -0.137. The quantitative estimate of drug-likeness (QED) is 0.492. The summed E-state index contributed by atoms with van der Waals surface area (Å²) in [7, 11) is 0. The molecule has 1 atom stereocenters. The van der Waals surface area contributed by atoms with E-state index < -0.39 is 11.9 Å². The molecule has 1 aromatic rings. The van der Waals surface area contributed by atoms with Gasteiger partial charge in [-0.25, -0.2) is 9.97 Å². The van der Waals surface area contributed by atoms with Crippen molar-refractivity contribution in [3.8, 4) is 5.88 Å². The molecular weight excluding hydrogens is 208 g/mol. The van der Waals surface area contributed by atoms with E-state index >= 15 is 0 Å². The van der Waals surface area contributed by atoms with Gasteiger partial charge in [-0.3, -0.25) is 9.59 Å². The predicted octanol–water partition coefficient (Wildman–Crippen LogP) is 1.55. The Morgan fingerprint density at radius 2 is 1.94 bits per heavy atom. The fraction of sp³-hybridized carbons (Fsp3) is 0.455. The van der Waals surface area contributed by atoms with Crippen molar-refractivity contribution < 1.29 is 14.3 Å². The Bertz CT molecular complexity index is 429. The zero-order chi connectivity index (χ0) is 12.3. The van der Waals surface area contributed by atoms with Gasteiger partial charge in [-0.2, -0.15) is 0 Å². The first-order valence-corrected chi connectivity index (χ1v) is 5.19. The zero-order valence-electron chi connectivity index (χ0n) is 9.77. The number of fused-ring (bicyclic) bond motifs is 1. The van der Waals surface area contributed by atoms with Crippen LogP contribution in [0.3, 0.4) is 0 Å². The summed E-state index contributed by atoms with van der Waals surface area (Å²) < 4.78 is 4.84. The van der Waals surface area contributed by atoms with Gasteiger partial charge >= 0.3 is 5.97 Å². The first-order valence-electron chi connectivity index (χ1n) is 5.19. The molecule has 0 spiro atoms. The van der Waals surface area contributed by atoms with Crippen molar-refractivity contribution in [2.45, 2.75) is 27.7 Å². The van der Waals surface area contributed by atoms with Crippen molar-refractivity contribution in [3.63, 3.8) is 0 Å². The minimum atomic E-state index is -0.779. The summed E-state index contributed by atoms with van der Waals surface area (Å²) in [6, 6.07) is 0. The van der Waals surface area contributed by atoms with Gasteiger partial charge < -0.3 is 4.74 Å². The van der Waals surface area contributed by atoms with Crippen molar-refractivity contribution in [1.82, 2.24) is 9.97 Å². The number of hydrogen-bond acceptors (Lipinski definition) is 5. The molecule has 1 aliphatic heterocycles. The normalized spacial score (nSPS) is 18.1. The van der Waals surface area contributed by atoms with Gasteiger partial charge in [-0.05, 0) is 13.8 Å². The third-order valence-corrected chi connectivity index (χ3v) is 2.04. The van der Waals surface area contributed by atoms with Crippen molar-refractivity contribution in [2.24, 2.45) is 5.92 Å². The Morgan fingerprint density at radius 1 is 1.31 bits per heavy atom. The predicted molar refractivity (Wildman–Crippen MR) is 57.2 cm³/mol. The highest BCUT2D eigenvalue weighted by atomic mass is 16.5. The molecule has 2 heterocycles. The number of carbonyl (C=O) groups excluding carboxylic acids is 2. The van der Waals surface area contributed by atoms with Gasteiger partial charge in [0.2, 0.25) is 5.78 Å². The summed E-state index contributed by atoms with van der Waals surface area (Å²) in [6.07, 6.45) is 1.45. The number of carbonyl (C=O) groups is 2. The molecule has 0 saturated carbocycles. The molecule has 5 nitrogen and oxygen atoms in total. The van der Waals surface area contributed by atoms with E-state index in [2.05, 4.69) is 9.97 Å². The fourth-order valence-electron chi connectivity index (χ4n) is 1.20. The molecule has 5 heteroatoms. The lowest BCUT2D eigenvalue weighted by Crippen LogP contribution is -2.32. The Balaban J connectivity index is 0.000000606. The first-order chi connectivity index (χ1) is 7.59. The summed E-state index contributed by atoms with van der Waals surface area (Å²) in [4.78, 5) is 30.5. The van der Waals surface area contributed by atoms with Crippen LogP contribution in [0.15, 0.2) is 6.20 Å². The number of hydrogen-bond donors (Lipinski definition) is 0. The molecule has 2 rings (SSSR count). The van der Waals surface area contributed by atoms with Gasteiger partial charge in [0, 0.05) is 0 Å². The maximum absolute atomic E-state index is 11.6. The Morgan fingerprint density at radius 3 is 2.56 bits per heavy atom. The fourth-order valence-corrected chi connectivity index (χ4v) is 1.20. The van der Waals surface area contributed by atoms with Crippen LogP contribution in [0.4, 0.5) is 0 Å². The van der Waals surface area contributed by atoms with Crippen LogP contribution in [-0.4, -0.2) is 21.7 Å². The molecule has 1 aromatic heterocycles. The highest BCUT2D eigenvalue weighted by Crippen LogP contribution is 2.23. The summed E-state index contributed by atoms with van der Waals surface area (Å²) in [6.45, 7) is 7.22. The third kappa shape index (κ3) is 2.08. The van der Waals surface area contributed by atoms with Crippen LogP contribution in [0.2, 0.25) is 0 Å². The molecule has 1 aliphatic rings. The van der Waals surface area contributed by atoms with Gasteiger partial charge in [-0.1, -0.05) is 13.8 Å². The maximum Gasteiger partial charge on any atom is 0.323 e. The van der Waals surface area contributed by atoms with E-state index in [4.69, 9.17) is 4.74 Å². The Labute approximate surface area is 93.9 Å². The molecule has 0 N–H and O–H groups in total. The standard InChI is InChI=1S/C9H8N2O3.C2H6/c1-4-3-10-8-6(11-4)7(12)5(2)9(13)14-8;1-2/h3,5H,1-2H3;1-2H3. The molecule has 1 unspecified atom stereocenters. The maximum atomic E-state index is 11.6. The number of aryl methyl sites for hydroxylation is 1. The topological polar surface area (TPSA) is 69.2 Å². The van der Waals surface area contributed by atoms with E-state index in [0.29, 0.717) is 5.69 Å². The van der Waals surface area contributed by atoms with E-state index in [1.54, 1.807) is 6.92 Å². The largest absolute Gasteiger partial charge is 0.404 e. The highest BCUT2D eigenvalue weighted by Gasteiger charge is 2.35. The van der Waals surface area contributed by atoms with Crippen LogP contribution in [-0.2, 0) is 4.79 Å².